The van der Waals surface area contributed by atoms with E-state index in [9.17, 15) is 8.42 Å². The molecule has 1 aromatic carbocycles. The lowest BCUT2D eigenvalue weighted by atomic mass is 10.3. The summed E-state index contributed by atoms with van der Waals surface area (Å²) in [6, 6.07) is 8.31. The van der Waals surface area contributed by atoms with Gasteiger partial charge in [0.2, 0.25) is 10.0 Å². The van der Waals surface area contributed by atoms with E-state index in [-0.39, 0.29) is 11.4 Å². The number of nitrogens with one attached hydrogen (secondary N) is 1. The van der Waals surface area contributed by atoms with Crippen LogP contribution in [0.25, 0.3) is 0 Å². The van der Waals surface area contributed by atoms with Crippen molar-refractivity contribution in [1.29, 1.82) is 0 Å². The Hall–Kier alpha value is -1.66. The molecule has 1 N–H and O–H groups in total. The highest BCUT2D eigenvalue weighted by Crippen LogP contribution is 2.10. The molecule has 0 saturated heterocycles. The van der Waals surface area contributed by atoms with E-state index in [0.717, 1.165) is 11.3 Å². The van der Waals surface area contributed by atoms with Crippen LogP contribution in [-0.2, 0) is 23.6 Å². The summed E-state index contributed by atoms with van der Waals surface area (Å²) in [5, 5.41) is 4.17. The van der Waals surface area contributed by atoms with Crippen LogP contribution in [0.1, 0.15) is 11.3 Å². The Balaban J connectivity index is 2.13. The predicted molar refractivity (Wildman–Crippen MR) is 68.4 cm³/mol. The van der Waals surface area contributed by atoms with Crippen molar-refractivity contribution in [2.75, 3.05) is 0 Å². The number of aromatic nitrogens is 2. The Morgan fingerprint density at radius 2 is 1.94 bits per heavy atom. The summed E-state index contributed by atoms with van der Waals surface area (Å²) in [5.41, 5.74) is 1.70. The molecule has 18 heavy (non-hydrogen) atoms. The first kappa shape index (κ1) is 12.8. The quantitative estimate of drug-likeness (QED) is 0.903. The molecule has 0 atom stereocenters. The molecule has 2 rings (SSSR count). The molecule has 2 aromatic rings. The fourth-order valence-electron chi connectivity index (χ4n) is 1.68. The molecular formula is C12H15N3O2S. The summed E-state index contributed by atoms with van der Waals surface area (Å²) in [7, 11) is -1.65. The van der Waals surface area contributed by atoms with Gasteiger partial charge in [-0.05, 0) is 19.1 Å². The van der Waals surface area contributed by atoms with Crippen LogP contribution >= 0.6 is 0 Å². The molecule has 0 aliphatic rings. The van der Waals surface area contributed by atoms with Crippen molar-refractivity contribution in [3.63, 3.8) is 0 Å². The van der Waals surface area contributed by atoms with Gasteiger partial charge in [-0.3, -0.25) is 4.68 Å². The van der Waals surface area contributed by atoms with Gasteiger partial charge in [-0.2, -0.15) is 5.10 Å². The topological polar surface area (TPSA) is 64.0 Å². The summed E-state index contributed by atoms with van der Waals surface area (Å²) in [5.74, 6) is 0. The summed E-state index contributed by atoms with van der Waals surface area (Å²) in [4.78, 5) is 0.270. The second-order valence-corrected chi connectivity index (χ2v) is 5.82. The second kappa shape index (κ2) is 4.91. The largest absolute Gasteiger partial charge is 0.275 e. The third kappa shape index (κ3) is 2.77. The standard InChI is InChI=1S/C12H15N3O2S/c1-10-11(9-15(2)14-10)8-13-18(16,17)12-6-4-3-5-7-12/h3-7,9,13H,8H2,1-2H3. The Morgan fingerprint density at radius 3 is 2.50 bits per heavy atom. The van der Waals surface area contributed by atoms with Crippen LogP contribution in [0.5, 0.6) is 0 Å². The van der Waals surface area contributed by atoms with Gasteiger partial charge in [0.05, 0.1) is 10.6 Å². The zero-order valence-corrected chi connectivity index (χ0v) is 11.1. The molecule has 0 amide bonds. The molecule has 1 heterocycles. The van der Waals surface area contributed by atoms with Crippen molar-refractivity contribution in [3.8, 4) is 0 Å². The van der Waals surface area contributed by atoms with Gasteiger partial charge in [0.15, 0.2) is 0 Å². The molecule has 5 nitrogen and oxygen atoms in total. The SMILES string of the molecule is Cc1nn(C)cc1CNS(=O)(=O)c1ccccc1. The predicted octanol–water partition coefficient (Wildman–Crippen LogP) is 1.21. The van der Waals surface area contributed by atoms with Gasteiger partial charge in [-0.25, -0.2) is 13.1 Å². The van der Waals surface area contributed by atoms with Gasteiger partial charge in [-0.1, -0.05) is 18.2 Å². The Labute approximate surface area is 107 Å². The maximum Gasteiger partial charge on any atom is 0.240 e. The van der Waals surface area contributed by atoms with Crippen molar-refractivity contribution in [3.05, 3.63) is 47.8 Å². The molecule has 0 unspecified atom stereocenters. The van der Waals surface area contributed by atoms with E-state index in [1.807, 2.05) is 20.2 Å². The van der Waals surface area contributed by atoms with E-state index in [1.165, 1.54) is 0 Å². The minimum Gasteiger partial charge on any atom is -0.275 e. The molecule has 0 bridgehead atoms. The molecule has 0 aliphatic carbocycles. The lowest BCUT2D eigenvalue weighted by Gasteiger charge is -2.05. The molecule has 0 fully saturated rings. The highest BCUT2D eigenvalue weighted by Gasteiger charge is 2.14. The number of hydrogen-bond acceptors (Lipinski definition) is 3. The van der Waals surface area contributed by atoms with E-state index in [2.05, 4.69) is 9.82 Å². The van der Waals surface area contributed by atoms with Gasteiger partial charge >= 0.3 is 0 Å². The smallest absolute Gasteiger partial charge is 0.240 e. The van der Waals surface area contributed by atoms with Crippen LogP contribution in [-0.4, -0.2) is 18.2 Å². The van der Waals surface area contributed by atoms with Crippen molar-refractivity contribution in [1.82, 2.24) is 14.5 Å². The summed E-state index contributed by atoms with van der Waals surface area (Å²) < 4.78 is 28.2. The Bertz CT molecular complexity index is 633. The van der Waals surface area contributed by atoms with Crippen molar-refractivity contribution < 1.29 is 8.42 Å². The van der Waals surface area contributed by atoms with Crippen LogP contribution in [0.4, 0.5) is 0 Å². The van der Waals surface area contributed by atoms with Crippen LogP contribution in [0.15, 0.2) is 41.4 Å². The van der Waals surface area contributed by atoms with E-state index >= 15 is 0 Å². The van der Waals surface area contributed by atoms with Crippen molar-refractivity contribution >= 4 is 10.0 Å². The highest BCUT2D eigenvalue weighted by molar-refractivity contribution is 7.89. The fourth-order valence-corrected chi connectivity index (χ4v) is 2.71. The Morgan fingerprint density at radius 1 is 1.28 bits per heavy atom. The van der Waals surface area contributed by atoms with Gasteiger partial charge < -0.3 is 0 Å². The molecule has 0 radical (unpaired) electrons. The van der Waals surface area contributed by atoms with E-state index in [0.29, 0.717) is 0 Å². The Kier molecular flexibility index (Phi) is 3.49. The van der Waals surface area contributed by atoms with Crippen LogP contribution in [0, 0.1) is 6.92 Å². The molecule has 0 saturated carbocycles. The number of aryl methyl sites for hydroxylation is 2. The zero-order chi connectivity index (χ0) is 13.2. The molecule has 1 aromatic heterocycles. The van der Waals surface area contributed by atoms with Gasteiger partial charge in [0, 0.05) is 25.4 Å². The first-order chi connectivity index (χ1) is 8.49. The van der Waals surface area contributed by atoms with Crippen LogP contribution in [0.2, 0.25) is 0 Å². The number of sulfonamides is 1. The van der Waals surface area contributed by atoms with E-state index in [4.69, 9.17) is 0 Å². The maximum absolute atomic E-state index is 12.0. The van der Waals surface area contributed by atoms with Gasteiger partial charge in [0.1, 0.15) is 0 Å². The number of nitrogens with zero attached hydrogens (tertiary/aromatic N) is 2. The second-order valence-electron chi connectivity index (χ2n) is 4.05. The zero-order valence-electron chi connectivity index (χ0n) is 10.3. The average Bonchev–Trinajstić information content (AvgIpc) is 2.67. The number of rotatable bonds is 4. The molecule has 0 spiro atoms. The first-order valence-electron chi connectivity index (χ1n) is 5.53. The monoisotopic (exact) mass is 265 g/mol. The minimum atomic E-state index is -3.45. The lowest BCUT2D eigenvalue weighted by molar-refractivity contribution is 0.581. The highest BCUT2D eigenvalue weighted by atomic mass is 32.2. The van der Waals surface area contributed by atoms with Gasteiger partial charge in [-0.15, -0.1) is 0 Å². The van der Waals surface area contributed by atoms with E-state index < -0.39 is 10.0 Å². The minimum absolute atomic E-state index is 0.247. The summed E-state index contributed by atoms with van der Waals surface area (Å²) in [6.45, 7) is 2.10. The van der Waals surface area contributed by atoms with Crippen LogP contribution in [0.3, 0.4) is 0 Å². The third-order valence-electron chi connectivity index (χ3n) is 2.62. The average molecular weight is 265 g/mol. The number of hydrogen-bond donors (Lipinski definition) is 1. The van der Waals surface area contributed by atoms with Crippen LogP contribution < -0.4 is 4.72 Å². The third-order valence-corrected chi connectivity index (χ3v) is 4.04. The number of benzene rings is 1. The fraction of sp³-hybridized carbons (Fsp3) is 0.250. The lowest BCUT2D eigenvalue weighted by Crippen LogP contribution is -2.23. The summed E-state index contributed by atoms with van der Waals surface area (Å²) >= 11 is 0. The normalized spacial score (nSPS) is 11.7. The van der Waals surface area contributed by atoms with E-state index in [1.54, 1.807) is 35.0 Å². The molecule has 6 heteroatoms. The van der Waals surface area contributed by atoms with Gasteiger partial charge in [0.25, 0.3) is 0 Å². The molecule has 0 aliphatic heterocycles. The van der Waals surface area contributed by atoms with Crippen molar-refractivity contribution in [2.45, 2.75) is 18.4 Å². The first-order valence-corrected chi connectivity index (χ1v) is 7.01. The maximum atomic E-state index is 12.0. The molecule has 96 valence electrons. The molecular weight excluding hydrogens is 250 g/mol. The van der Waals surface area contributed by atoms with Crippen molar-refractivity contribution in [2.24, 2.45) is 7.05 Å². The summed E-state index contributed by atoms with van der Waals surface area (Å²) in [6.07, 6.45) is 1.81.